The highest BCUT2D eigenvalue weighted by molar-refractivity contribution is 4.65. The van der Waals surface area contributed by atoms with Crippen molar-refractivity contribution >= 4 is 0 Å². The van der Waals surface area contributed by atoms with Gasteiger partial charge in [0.15, 0.2) is 0 Å². The van der Waals surface area contributed by atoms with Crippen molar-refractivity contribution in [3.8, 4) is 0 Å². The van der Waals surface area contributed by atoms with E-state index in [9.17, 15) is 0 Å². The van der Waals surface area contributed by atoms with Crippen LogP contribution in [0.1, 0.15) is 67.2 Å². The summed E-state index contributed by atoms with van der Waals surface area (Å²) < 4.78 is 0. The molecule has 0 aromatic heterocycles. The quantitative estimate of drug-likeness (QED) is 0.532. The molecule has 0 radical (unpaired) electrons. The molecule has 0 spiro atoms. The van der Waals surface area contributed by atoms with Gasteiger partial charge in [-0.15, -0.1) is 0 Å². The molecule has 0 aliphatic carbocycles. The minimum atomic E-state index is 0.846. The van der Waals surface area contributed by atoms with E-state index in [0.717, 1.165) is 23.7 Å². The molecule has 0 heterocycles. The van der Waals surface area contributed by atoms with Gasteiger partial charge in [-0.2, -0.15) is 0 Å². The molecular formula is C14H30. The van der Waals surface area contributed by atoms with Crippen LogP contribution in [0.4, 0.5) is 0 Å². The van der Waals surface area contributed by atoms with Crippen molar-refractivity contribution in [3.63, 3.8) is 0 Å². The summed E-state index contributed by atoms with van der Waals surface area (Å²) in [6, 6.07) is 0. The zero-order chi connectivity index (χ0) is 11.1. The lowest BCUT2D eigenvalue weighted by atomic mass is 9.84. The SMILES string of the molecule is CCCC(C)CC(C)CC(C)C(C)C. The van der Waals surface area contributed by atoms with Crippen LogP contribution in [0.5, 0.6) is 0 Å². The topological polar surface area (TPSA) is 0 Å². The zero-order valence-corrected chi connectivity index (χ0v) is 11.1. The van der Waals surface area contributed by atoms with Crippen molar-refractivity contribution in [1.82, 2.24) is 0 Å². The van der Waals surface area contributed by atoms with Gasteiger partial charge in [0.25, 0.3) is 0 Å². The predicted molar refractivity (Wildman–Crippen MR) is 66.5 cm³/mol. The third-order valence-electron chi connectivity index (χ3n) is 3.50. The summed E-state index contributed by atoms with van der Waals surface area (Å²) >= 11 is 0. The van der Waals surface area contributed by atoms with E-state index in [1.807, 2.05) is 0 Å². The van der Waals surface area contributed by atoms with Crippen molar-refractivity contribution in [2.45, 2.75) is 67.2 Å². The summed E-state index contributed by atoms with van der Waals surface area (Å²) in [4.78, 5) is 0. The molecule has 0 bridgehead atoms. The van der Waals surface area contributed by atoms with E-state index in [0.29, 0.717) is 0 Å². The van der Waals surface area contributed by atoms with Gasteiger partial charge in [0.1, 0.15) is 0 Å². The lowest BCUT2D eigenvalue weighted by molar-refractivity contribution is 0.290. The second-order valence-electron chi connectivity index (χ2n) is 5.69. The third kappa shape index (κ3) is 6.45. The molecular weight excluding hydrogens is 168 g/mol. The van der Waals surface area contributed by atoms with Crippen LogP contribution in [0, 0.1) is 23.7 Å². The van der Waals surface area contributed by atoms with Gasteiger partial charge < -0.3 is 0 Å². The molecule has 0 fully saturated rings. The van der Waals surface area contributed by atoms with Crippen molar-refractivity contribution in [1.29, 1.82) is 0 Å². The Morgan fingerprint density at radius 1 is 0.786 bits per heavy atom. The molecule has 0 aromatic rings. The fourth-order valence-corrected chi connectivity index (χ4v) is 2.30. The van der Waals surface area contributed by atoms with Gasteiger partial charge in [0.2, 0.25) is 0 Å². The second-order valence-corrected chi connectivity index (χ2v) is 5.69. The number of hydrogen-bond acceptors (Lipinski definition) is 0. The Kier molecular flexibility index (Phi) is 7.31. The fraction of sp³-hybridized carbons (Fsp3) is 1.00. The molecule has 0 amide bonds. The second kappa shape index (κ2) is 7.31. The molecule has 0 aliphatic heterocycles. The Hall–Kier alpha value is 0. The molecule has 86 valence electrons. The summed E-state index contributed by atoms with van der Waals surface area (Å²) in [5.74, 6) is 3.57. The molecule has 3 atom stereocenters. The lowest BCUT2D eigenvalue weighted by Crippen LogP contribution is -2.11. The number of rotatable bonds is 7. The summed E-state index contributed by atoms with van der Waals surface area (Å²) in [6.07, 6.45) is 5.57. The molecule has 0 saturated heterocycles. The molecule has 0 rings (SSSR count). The monoisotopic (exact) mass is 198 g/mol. The average Bonchev–Trinajstić information content (AvgIpc) is 2.03. The first kappa shape index (κ1) is 14.0. The minimum absolute atomic E-state index is 0.846. The van der Waals surface area contributed by atoms with E-state index >= 15 is 0 Å². The third-order valence-corrected chi connectivity index (χ3v) is 3.50. The van der Waals surface area contributed by atoms with Crippen molar-refractivity contribution in [2.24, 2.45) is 23.7 Å². The van der Waals surface area contributed by atoms with Crippen molar-refractivity contribution in [2.75, 3.05) is 0 Å². The van der Waals surface area contributed by atoms with E-state index in [2.05, 4.69) is 41.5 Å². The highest BCUT2D eigenvalue weighted by atomic mass is 14.2. The van der Waals surface area contributed by atoms with E-state index in [1.54, 1.807) is 0 Å². The molecule has 3 unspecified atom stereocenters. The lowest BCUT2D eigenvalue weighted by Gasteiger charge is -2.22. The Labute approximate surface area is 91.5 Å². The van der Waals surface area contributed by atoms with Crippen LogP contribution in [0.2, 0.25) is 0 Å². The standard InChI is InChI=1S/C14H30/c1-7-8-12(4)9-13(5)10-14(6)11(2)3/h11-14H,7-10H2,1-6H3. The number of hydrogen-bond donors (Lipinski definition) is 0. The normalized spacial score (nSPS) is 18.2. The molecule has 0 aromatic carbocycles. The highest BCUT2D eigenvalue weighted by Gasteiger charge is 2.14. The van der Waals surface area contributed by atoms with Crippen LogP contribution in [0.15, 0.2) is 0 Å². The molecule has 0 heteroatoms. The molecule has 14 heavy (non-hydrogen) atoms. The maximum Gasteiger partial charge on any atom is -0.0417 e. The Morgan fingerprint density at radius 3 is 1.79 bits per heavy atom. The van der Waals surface area contributed by atoms with Gasteiger partial charge >= 0.3 is 0 Å². The van der Waals surface area contributed by atoms with Crippen LogP contribution in [0.3, 0.4) is 0 Å². The van der Waals surface area contributed by atoms with Gasteiger partial charge in [-0.1, -0.05) is 54.4 Å². The maximum absolute atomic E-state index is 2.42. The smallest absolute Gasteiger partial charge is 0.0417 e. The Balaban J connectivity index is 3.68. The average molecular weight is 198 g/mol. The summed E-state index contributed by atoms with van der Waals surface area (Å²) in [5.41, 5.74) is 0. The van der Waals surface area contributed by atoms with Crippen LogP contribution in [-0.2, 0) is 0 Å². The summed E-state index contributed by atoms with van der Waals surface area (Å²) in [6.45, 7) is 14.2. The Bertz CT molecular complexity index is 126. The molecule has 0 nitrogen and oxygen atoms in total. The molecule has 0 aliphatic rings. The summed E-state index contributed by atoms with van der Waals surface area (Å²) in [7, 11) is 0. The van der Waals surface area contributed by atoms with E-state index < -0.39 is 0 Å². The van der Waals surface area contributed by atoms with Crippen LogP contribution in [-0.4, -0.2) is 0 Å². The van der Waals surface area contributed by atoms with Crippen molar-refractivity contribution in [3.05, 3.63) is 0 Å². The summed E-state index contributed by atoms with van der Waals surface area (Å²) in [5, 5.41) is 0. The predicted octanol–water partition coefficient (Wildman–Crippen LogP) is 5.13. The molecule has 0 N–H and O–H groups in total. The van der Waals surface area contributed by atoms with Gasteiger partial charge in [0, 0.05) is 0 Å². The van der Waals surface area contributed by atoms with E-state index in [-0.39, 0.29) is 0 Å². The van der Waals surface area contributed by atoms with Gasteiger partial charge in [-0.25, -0.2) is 0 Å². The van der Waals surface area contributed by atoms with Crippen LogP contribution >= 0.6 is 0 Å². The van der Waals surface area contributed by atoms with Crippen LogP contribution < -0.4 is 0 Å². The first-order valence-electron chi connectivity index (χ1n) is 6.47. The first-order chi connectivity index (χ1) is 6.47. The maximum atomic E-state index is 2.42. The largest absolute Gasteiger partial charge is 0.0654 e. The first-order valence-corrected chi connectivity index (χ1v) is 6.47. The zero-order valence-electron chi connectivity index (χ0n) is 11.1. The van der Waals surface area contributed by atoms with Crippen LogP contribution in [0.25, 0.3) is 0 Å². The highest BCUT2D eigenvalue weighted by Crippen LogP contribution is 2.25. The van der Waals surface area contributed by atoms with E-state index in [1.165, 1.54) is 25.7 Å². The molecule has 0 saturated carbocycles. The minimum Gasteiger partial charge on any atom is -0.0654 e. The van der Waals surface area contributed by atoms with E-state index in [4.69, 9.17) is 0 Å². The van der Waals surface area contributed by atoms with Gasteiger partial charge in [-0.05, 0) is 36.5 Å². The van der Waals surface area contributed by atoms with Gasteiger partial charge in [-0.3, -0.25) is 0 Å². The van der Waals surface area contributed by atoms with Crippen molar-refractivity contribution < 1.29 is 0 Å². The van der Waals surface area contributed by atoms with Gasteiger partial charge in [0.05, 0.1) is 0 Å². The fourth-order valence-electron chi connectivity index (χ4n) is 2.30. The Morgan fingerprint density at radius 2 is 1.36 bits per heavy atom.